The van der Waals surface area contributed by atoms with E-state index in [1.54, 1.807) is 0 Å². The summed E-state index contributed by atoms with van der Waals surface area (Å²) in [5.41, 5.74) is 0.609. The van der Waals surface area contributed by atoms with E-state index in [1.165, 1.54) is 58.2 Å². The largest absolute Gasteiger partial charge is 0.304 e. The van der Waals surface area contributed by atoms with Crippen molar-refractivity contribution in [1.29, 1.82) is 0 Å². The lowest BCUT2D eigenvalue weighted by atomic mass is 9.72. The first-order valence-corrected chi connectivity index (χ1v) is 8.30. The van der Waals surface area contributed by atoms with Crippen LogP contribution < -0.4 is 4.72 Å². The minimum atomic E-state index is 0.609. The average Bonchev–Trinajstić information content (AvgIpc) is 2.46. The van der Waals surface area contributed by atoms with Crippen LogP contribution in [-0.2, 0) is 0 Å². The molecular formula is C15H34N2S. The Morgan fingerprint density at radius 3 is 2.17 bits per heavy atom. The second-order valence-corrected chi connectivity index (χ2v) is 5.51. The number of nitrogens with one attached hydrogen (secondary N) is 1. The molecular weight excluding hydrogens is 240 g/mol. The molecule has 0 spiro atoms. The second kappa shape index (κ2) is 11.1. The number of piperidine rings is 1. The molecule has 1 aliphatic heterocycles. The first-order valence-electron chi connectivity index (χ1n) is 7.85. The fourth-order valence-corrected chi connectivity index (χ4v) is 2.95. The van der Waals surface area contributed by atoms with Gasteiger partial charge in [0.05, 0.1) is 0 Å². The molecule has 1 saturated heterocycles. The average molecular weight is 275 g/mol. The van der Waals surface area contributed by atoms with Crippen LogP contribution >= 0.6 is 12.8 Å². The quantitative estimate of drug-likeness (QED) is 0.679. The molecule has 1 heterocycles. The van der Waals surface area contributed by atoms with Crippen molar-refractivity contribution in [3.05, 3.63) is 0 Å². The van der Waals surface area contributed by atoms with Gasteiger partial charge in [-0.15, -0.1) is 0 Å². The Balaban J connectivity index is 0.00000137. The van der Waals surface area contributed by atoms with Crippen molar-refractivity contribution in [2.75, 3.05) is 26.2 Å². The van der Waals surface area contributed by atoms with E-state index in [-0.39, 0.29) is 0 Å². The highest BCUT2D eigenvalue weighted by Gasteiger charge is 2.32. The fourth-order valence-electron chi connectivity index (χ4n) is 2.84. The summed E-state index contributed by atoms with van der Waals surface area (Å²) in [7, 11) is 0. The van der Waals surface area contributed by atoms with Crippen molar-refractivity contribution in [2.24, 2.45) is 5.41 Å². The normalized spacial score (nSPS) is 19.2. The molecule has 3 heteroatoms. The molecule has 0 saturated carbocycles. The van der Waals surface area contributed by atoms with Crippen LogP contribution in [0.2, 0.25) is 0 Å². The highest BCUT2D eigenvalue weighted by Crippen LogP contribution is 2.39. The molecule has 1 aliphatic rings. The van der Waals surface area contributed by atoms with E-state index in [2.05, 4.69) is 36.3 Å². The molecule has 1 fully saturated rings. The fraction of sp³-hybridized carbons (Fsp3) is 1.00. The predicted octanol–water partition coefficient (Wildman–Crippen LogP) is 4.13. The highest BCUT2D eigenvalue weighted by atomic mass is 32.1. The van der Waals surface area contributed by atoms with Gasteiger partial charge >= 0.3 is 0 Å². The van der Waals surface area contributed by atoms with E-state index < -0.39 is 0 Å². The lowest BCUT2D eigenvalue weighted by Gasteiger charge is -2.42. The van der Waals surface area contributed by atoms with Gasteiger partial charge in [0, 0.05) is 6.54 Å². The van der Waals surface area contributed by atoms with E-state index in [0.29, 0.717) is 5.41 Å². The Kier molecular flexibility index (Phi) is 11.3. The van der Waals surface area contributed by atoms with Crippen LogP contribution in [-0.4, -0.2) is 31.1 Å². The molecule has 0 aromatic heterocycles. The standard InChI is InChI=1S/C13H28N2S.C2H6/c1-3-5-6-13(7-10-14-16)8-11-15(4-2)12-9-13;1-2/h14,16H,3-12H2,1-2H3;1-2H3. The van der Waals surface area contributed by atoms with Crippen molar-refractivity contribution in [1.82, 2.24) is 9.62 Å². The van der Waals surface area contributed by atoms with E-state index in [1.807, 2.05) is 13.8 Å². The molecule has 0 aromatic rings. The zero-order valence-electron chi connectivity index (χ0n) is 13.0. The third-order valence-electron chi connectivity index (χ3n) is 4.19. The van der Waals surface area contributed by atoms with Gasteiger partial charge in [0.2, 0.25) is 0 Å². The van der Waals surface area contributed by atoms with Crippen LogP contribution in [0.4, 0.5) is 0 Å². The molecule has 0 aliphatic carbocycles. The molecule has 0 unspecified atom stereocenters. The van der Waals surface area contributed by atoms with Gasteiger partial charge in [0.15, 0.2) is 0 Å². The van der Waals surface area contributed by atoms with Gasteiger partial charge in [-0.3, -0.25) is 4.72 Å². The number of thiol groups is 1. The lowest BCUT2D eigenvalue weighted by molar-refractivity contribution is 0.0893. The van der Waals surface area contributed by atoms with Crippen LogP contribution in [0.3, 0.4) is 0 Å². The number of rotatable bonds is 7. The summed E-state index contributed by atoms with van der Waals surface area (Å²) >= 11 is 4.12. The summed E-state index contributed by atoms with van der Waals surface area (Å²) in [6.45, 7) is 13.4. The van der Waals surface area contributed by atoms with Gasteiger partial charge in [-0.05, 0) is 50.7 Å². The summed E-state index contributed by atoms with van der Waals surface area (Å²) in [4.78, 5) is 2.58. The number of hydrogen-bond acceptors (Lipinski definition) is 3. The topological polar surface area (TPSA) is 15.3 Å². The van der Waals surface area contributed by atoms with Crippen molar-refractivity contribution in [3.8, 4) is 0 Å². The third kappa shape index (κ3) is 6.44. The van der Waals surface area contributed by atoms with Crippen LogP contribution in [0.25, 0.3) is 0 Å². The van der Waals surface area contributed by atoms with Gasteiger partial charge in [0.1, 0.15) is 0 Å². The maximum absolute atomic E-state index is 4.12. The predicted molar refractivity (Wildman–Crippen MR) is 86.3 cm³/mol. The molecule has 0 radical (unpaired) electrons. The van der Waals surface area contributed by atoms with E-state index >= 15 is 0 Å². The molecule has 1 N–H and O–H groups in total. The van der Waals surface area contributed by atoms with Gasteiger partial charge in [-0.25, -0.2) is 0 Å². The summed E-state index contributed by atoms with van der Waals surface area (Å²) in [6.07, 6.45) is 8.20. The number of unbranched alkanes of at least 4 members (excludes halogenated alkanes) is 1. The Morgan fingerprint density at radius 1 is 1.11 bits per heavy atom. The zero-order chi connectivity index (χ0) is 13.9. The number of hydrogen-bond donors (Lipinski definition) is 2. The Labute approximate surface area is 120 Å². The van der Waals surface area contributed by atoms with E-state index in [4.69, 9.17) is 0 Å². The number of likely N-dealkylation sites (tertiary alicyclic amines) is 1. The first kappa shape index (κ1) is 18.3. The van der Waals surface area contributed by atoms with Gasteiger partial charge in [0.25, 0.3) is 0 Å². The van der Waals surface area contributed by atoms with Crippen LogP contribution in [0.15, 0.2) is 0 Å². The lowest BCUT2D eigenvalue weighted by Crippen LogP contribution is -2.41. The van der Waals surface area contributed by atoms with Crippen LogP contribution in [0.1, 0.15) is 66.2 Å². The third-order valence-corrected chi connectivity index (χ3v) is 4.42. The molecule has 0 aromatic carbocycles. The van der Waals surface area contributed by atoms with Crippen molar-refractivity contribution in [3.63, 3.8) is 0 Å². The van der Waals surface area contributed by atoms with E-state index in [0.717, 1.165) is 6.54 Å². The first-order chi connectivity index (χ1) is 8.76. The van der Waals surface area contributed by atoms with Crippen molar-refractivity contribution in [2.45, 2.75) is 66.2 Å². The second-order valence-electron chi connectivity index (χ2n) is 5.20. The summed E-state index contributed by atoms with van der Waals surface area (Å²) in [5, 5.41) is 0. The Bertz CT molecular complexity index is 167. The van der Waals surface area contributed by atoms with Gasteiger partial charge < -0.3 is 4.90 Å². The molecule has 0 amide bonds. The molecule has 0 atom stereocenters. The molecule has 18 heavy (non-hydrogen) atoms. The van der Waals surface area contributed by atoms with Gasteiger partial charge in [-0.1, -0.05) is 53.4 Å². The minimum absolute atomic E-state index is 0.609. The van der Waals surface area contributed by atoms with Gasteiger partial charge in [-0.2, -0.15) is 0 Å². The summed E-state index contributed by atoms with van der Waals surface area (Å²) < 4.78 is 3.02. The van der Waals surface area contributed by atoms with Crippen molar-refractivity contribution >= 4 is 12.8 Å². The van der Waals surface area contributed by atoms with Crippen LogP contribution in [0.5, 0.6) is 0 Å². The Hall–Kier alpha value is 0.270. The van der Waals surface area contributed by atoms with Crippen molar-refractivity contribution < 1.29 is 0 Å². The summed E-state index contributed by atoms with van der Waals surface area (Å²) in [5.74, 6) is 0. The monoisotopic (exact) mass is 274 g/mol. The smallest absolute Gasteiger partial charge is 0.00614 e. The SMILES string of the molecule is CC.CCCCC1(CCNS)CCN(CC)CC1. The maximum atomic E-state index is 4.12. The molecule has 2 nitrogen and oxygen atoms in total. The molecule has 1 rings (SSSR count). The Morgan fingerprint density at radius 2 is 1.72 bits per heavy atom. The highest BCUT2D eigenvalue weighted by molar-refractivity contribution is 7.78. The van der Waals surface area contributed by atoms with E-state index in [9.17, 15) is 0 Å². The minimum Gasteiger partial charge on any atom is -0.304 e. The van der Waals surface area contributed by atoms with Crippen LogP contribution in [0, 0.1) is 5.41 Å². The number of nitrogens with zero attached hydrogens (tertiary/aromatic N) is 1. The molecule has 0 bridgehead atoms. The molecule has 110 valence electrons. The summed E-state index contributed by atoms with van der Waals surface area (Å²) in [6, 6.07) is 0. The maximum Gasteiger partial charge on any atom is 0.00614 e. The zero-order valence-corrected chi connectivity index (χ0v) is 13.9.